The van der Waals surface area contributed by atoms with Crippen LogP contribution < -0.4 is 9.54 Å². The lowest BCUT2D eigenvalue weighted by atomic mass is 9.99. The molecule has 1 aromatic heterocycles. The molecule has 0 spiro atoms. The van der Waals surface area contributed by atoms with Crippen LogP contribution in [0.25, 0.3) is 10.2 Å². The second kappa shape index (κ2) is 11.0. The third-order valence-corrected chi connectivity index (χ3v) is 7.16. The van der Waals surface area contributed by atoms with Gasteiger partial charge in [0.15, 0.2) is 4.80 Å². The van der Waals surface area contributed by atoms with Crippen molar-refractivity contribution < 1.29 is 19.1 Å². The fraction of sp³-hybridized carbons (Fsp3) is 0.571. The molecule has 3 rings (SSSR count). The predicted molar refractivity (Wildman–Crippen MR) is 121 cm³/mol. The first kappa shape index (κ1) is 22.8. The van der Waals surface area contributed by atoms with Crippen LogP contribution in [0.3, 0.4) is 0 Å². The summed E-state index contributed by atoms with van der Waals surface area (Å²) in [4.78, 5) is 31.7. The van der Waals surface area contributed by atoms with E-state index in [4.69, 9.17) is 9.47 Å². The second-order valence-corrected chi connectivity index (χ2v) is 9.42. The lowest BCUT2D eigenvalue weighted by Crippen LogP contribution is -2.39. The fourth-order valence-electron chi connectivity index (χ4n) is 3.38. The van der Waals surface area contributed by atoms with E-state index in [1.807, 2.05) is 27.7 Å². The molecule has 0 unspecified atom stereocenters. The first-order valence-corrected chi connectivity index (χ1v) is 12.1. The van der Waals surface area contributed by atoms with E-state index < -0.39 is 0 Å². The van der Waals surface area contributed by atoms with Crippen molar-refractivity contribution in [1.29, 1.82) is 0 Å². The average molecular weight is 452 g/mol. The molecule has 1 fully saturated rings. The molecule has 30 heavy (non-hydrogen) atoms. The number of hydrogen-bond donors (Lipinski definition) is 0. The Morgan fingerprint density at radius 2 is 2.00 bits per heavy atom. The summed E-state index contributed by atoms with van der Waals surface area (Å²) in [5.74, 6) is 1.85. The minimum absolute atomic E-state index is 0.115. The van der Waals surface area contributed by atoms with E-state index >= 15 is 0 Å². The minimum atomic E-state index is -0.232. The normalized spacial score (nSPS) is 15.7. The van der Waals surface area contributed by atoms with Crippen LogP contribution in [0.4, 0.5) is 0 Å². The number of carbonyl (C=O) groups is 2. The van der Waals surface area contributed by atoms with E-state index in [-0.39, 0.29) is 17.6 Å². The highest BCUT2D eigenvalue weighted by atomic mass is 32.2. The van der Waals surface area contributed by atoms with Crippen molar-refractivity contribution in [3.8, 4) is 5.75 Å². The van der Waals surface area contributed by atoms with Crippen LogP contribution in [0, 0.1) is 5.92 Å². The number of thiazole rings is 1. The molecule has 164 valence electrons. The molecule has 1 saturated heterocycles. The van der Waals surface area contributed by atoms with Gasteiger partial charge in [-0.25, -0.2) is 0 Å². The topological polar surface area (TPSA) is 73.1 Å². The van der Waals surface area contributed by atoms with E-state index in [0.29, 0.717) is 29.6 Å². The highest BCUT2D eigenvalue weighted by molar-refractivity contribution is 8.00. The fourth-order valence-corrected chi connectivity index (χ4v) is 5.18. The molecule has 0 radical (unpaired) electrons. The van der Waals surface area contributed by atoms with E-state index in [9.17, 15) is 9.59 Å². The zero-order valence-corrected chi connectivity index (χ0v) is 19.4. The van der Waals surface area contributed by atoms with Gasteiger partial charge in [0.2, 0.25) is 5.91 Å². The van der Waals surface area contributed by atoms with E-state index in [0.717, 1.165) is 41.9 Å². The van der Waals surface area contributed by atoms with Gasteiger partial charge in [0.05, 0.1) is 35.4 Å². The number of aromatic nitrogens is 1. The highest BCUT2D eigenvalue weighted by Crippen LogP contribution is 2.23. The number of rotatable bonds is 8. The minimum Gasteiger partial charge on any atom is -0.497 e. The third-order valence-electron chi connectivity index (χ3n) is 5.22. The molecule has 7 nitrogen and oxygen atoms in total. The Bertz CT molecular complexity index is 945. The summed E-state index contributed by atoms with van der Waals surface area (Å²) in [5, 5.41) is 0. The Kier molecular flexibility index (Phi) is 8.35. The molecule has 0 N–H and O–H groups in total. The number of nitrogens with zero attached hydrogens (tertiary/aromatic N) is 3. The largest absolute Gasteiger partial charge is 0.497 e. The van der Waals surface area contributed by atoms with E-state index in [1.165, 1.54) is 23.1 Å². The quantitative estimate of drug-likeness (QED) is 0.617. The molecule has 0 atom stereocenters. The monoisotopic (exact) mass is 451 g/mol. The molecule has 0 aliphatic carbocycles. The summed E-state index contributed by atoms with van der Waals surface area (Å²) in [6.45, 7) is 5.00. The number of ether oxygens (including phenoxy) is 2. The Morgan fingerprint density at radius 3 is 2.70 bits per heavy atom. The van der Waals surface area contributed by atoms with Gasteiger partial charge in [-0.1, -0.05) is 18.3 Å². The average Bonchev–Trinajstić information content (AvgIpc) is 3.08. The summed E-state index contributed by atoms with van der Waals surface area (Å²) in [5.41, 5.74) is 0.992. The third kappa shape index (κ3) is 5.86. The number of methoxy groups -OCH3 is 2. The SMILES string of the molecule is COCCn1c(=NC(=O)CSCC(=O)N2CCC(C)CC2)sc2cc(OC)ccc21. The van der Waals surface area contributed by atoms with Gasteiger partial charge in [0.25, 0.3) is 5.91 Å². The number of likely N-dealkylation sites (tertiary alicyclic amines) is 1. The van der Waals surface area contributed by atoms with Gasteiger partial charge in [-0.15, -0.1) is 11.8 Å². The Labute approximate surface area is 185 Å². The summed E-state index contributed by atoms with van der Waals surface area (Å²) < 4.78 is 13.5. The van der Waals surface area contributed by atoms with Gasteiger partial charge in [0.1, 0.15) is 5.75 Å². The van der Waals surface area contributed by atoms with Gasteiger partial charge < -0.3 is 18.9 Å². The number of carbonyl (C=O) groups excluding carboxylic acids is 2. The van der Waals surface area contributed by atoms with E-state index in [2.05, 4.69) is 11.9 Å². The van der Waals surface area contributed by atoms with E-state index in [1.54, 1.807) is 14.2 Å². The number of benzene rings is 1. The molecule has 0 bridgehead atoms. The van der Waals surface area contributed by atoms with Gasteiger partial charge >= 0.3 is 0 Å². The number of thioether (sulfide) groups is 1. The predicted octanol–water partition coefficient (Wildman–Crippen LogP) is 2.78. The van der Waals surface area contributed by atoms with Crippen molar-refractivity contribution in [2.75, 3.05) is 45.4 Å². The zero-order chi connectivity index (χ0) is 21.5. The maximum absolute atomic E-state index is 12.5. The maximum Gasteiger partial charge on any atom is 0.258 e. The second-order valence-electron chi connectivity index (χ2n) is 7.42. The Morgan fingerprint density at radius 1 is 1.23 bits per heavy atom. The standard InChI is InChI=1S/C21H29N3O4S2/c1-15-6-8-23(9-7-15)20(26)14-29-13-19(25)22-21-24(10-11-27-2)17-5-4-16(28-3)12-18(17)30-21/h4-5,12,15H,6-11,13-14H2,1-3H3. The molecular weight excluding hydrogens is 422 g/mol. The number of hydrogen-bond acceptors (Lipinski definition) is 6. The van der Waals surface area contributed by atoms with Crippen molar-refractivity contribution in [1.82, 2.24) is 9.47 Å². The van der Waals surface area contributed by atoms with Crippen molar-refractivity contribution in [2.45, 2.75) is 26.3 Å². The first-order chi connectivity index (χ1) is 14.5. The molecule has 2 aromatic rings. The summed E-state index contributed by atoms with van der Waals surface area (Å²) >= 11 is 2.79. The maximum atomic E-state index is 12.5. The smallest absolute Gasteiger partial charge is 0.258 e. The number of fused-ring (bicyclic) bond motifs is 1. The van der Waals surface area contributed by atoms with Gasteiger partial charge in [-0.2, -0.15) is 4.99 Å². The number of piperidine rings is 1. The molecule has 2 amide bonds. The highest BCUT2D eigenvalue weighted by Gasteiger charge is 2.20. The van der Waals surface area contributed by atoms with Crippen LogP contribution in [0.1, 0.15) is 19.8 Å². The van der Waals surface area contributed by atoms with Crippen LogP contribution >= 0.6 is 23.1 Å². The van der Waals surface area contributed by atoms with Crippen molar-refractivity contribution in [3.05, 3.63) is 23.0 Å². The van der Waals surface area contributed by atoms with Gasteiger partial charge in [0, 0.05) is 26.7 Å². The molecule has 2 heterocycles. The van der Waals surface area contributed by atoms with Crippen molar-refractivity contribution in [2.24, 2.45) is 10.9 Å². The van der Waals surface area contributed by atoms with Gasteiger partial charge in [-0.05, 0) is 37.0 Å². The molecule has 1 aliphatic rings. The summed E-state index contributed by atoms with van der Waals surface area (Å²) in [7, 11) is 3.28. The summed E-state index contributed by atoms with van der Waals surface area (Å²) in [6.07, 6.45) is 2.12. The van der Waals surface area contributed by atoms with Crippen LogP contribution in [0.15, 0.2) is 23.2 Å². The van der Waals surface area contributed by atoms with Crippen LogP contribution in [-0.2, 0) is 20.9 Å². The van der Waals surface area contributed by atoms with Crippen LogP contribution in [-0.4, -0.2) is 66.7 Å². The van der Waals surface area contributed by atoms with Crippen molar-refractivity contribution in [3.63, 3.8) is 0 Å². The van der Waals surface area contributed by atoms with Crippen molar-refractivity contribution >= 4 is 45.1 Å². The van der Waals surface area contributed by atoms with Crippen LogP contribution in [0.5, 0.6) is 5.75 Å². The Hall–Kier alpha value is -1.84. The first-order valence-electron chi connectivity index (χ1n) is 10.1. The lowest BCUT2D eigenvalue weighted by molar-refractivity contribution is -0.129. The molecule has 1 aliphatic heterocycles. The lowest BCUT2D eigenvalue weighted by Gasteiger charge is -2.30. The van der Waals surface area contributed by atoms with Gasteiger partial charge in [-0.3, -0.25) is 9.59 Å². The molecular formula is C21H29N3O4S2. The summed E-state index contributed by atoms with van der Waals surface area (Å²) in [6, 6.07) is 5.81. The van der Waals surface area contributed by atoms with Crippen LogP contribution in [0.2, 0.25) is 0 Å². The molecule has 9 heteroatoms. The zero-order valence-electron chi connectivity index (χ0n) is 17.8. The Balaban J connectivity index is 1.65. The molecule has 1 aromatic carbocycles. The molecule has 0 saturated carbocycles. The number of amides is 2.